The number of nitrogens with one attached hydrogen (secondary N) is 1. The van der Waals surface area contributed by atoms with Crippen molar-refractivity contribution in [3.63, 3.8) is 0 Å². The number of allylic oxidation sites excluding steroid dienone is 6. The minimum absolute atomic E-state index is 0.00332. The monoisotopic (exact) mass is 513 g/mol. The van der Waals surface area contributed by atoms with Crippen LogP contribution in [0, 0.1) is 40.9 Å². The van der Waals surface area contributed by atoms with Crippen LogP contribution in [0.25, 0.3) is 0 Å². The van der Waals surface area contributed by atoms with Crippen molar-refractivity contribution in [2.75, 3.05) is 0 Å². The Balaban J connectivity index is 3.09. The highest BCUT2D eigenvalue weighted by Gasteiger charge is 2.42. The lowest BCUT2D eigenvalue weighted by Gasteiger charge is -2.44. The van der Waals surface area contributed by atoms with E-state index in [4.69, 9.17) is 4.43 Å². The second kappa shape index (κ2) is 13.3. The molecule has 3 nitrogen and oxygen atoms in total. The molecule has 0 aromatic carbocycles. The predicted molar refractivity (Wildman–Crippen MR) is 159 cm³/mol. The van der Waals surface area contributed by atoms with Gasteiger partial charge in [0.1, 0.15) is 0 Å². The molecule has 1 aliphatic carbocycles. The van der Waals surface area contributed by atoms with Crippen LogP contribution in [0.15, 0.2) is 36.0 Å². The summed E-state index contributed by atoms with van der Waals surface area (Å²) in [7, 11) is -2.00. The number of hydrogen-bond acceptors (Lipinski definition) is 2. The lowest BCUT2D eigenvalue weighted by molar-refractivity contribution is -0.120. The van der Waals surface area contributed by atoms with Gasteiger partial charge in [-0.2, -0.15) is 0 Å². The second-order valence-electron chi connectivity index (χ2n) is 13.0. The second-order valence-corrected chi connectivity index (χ2v) is 17.7. The SMILES string of the molecule is CC#C[C@]1(C)CCC=C[C@@H]1/C=C(C)/C=C/[C@@H](C)[C@@H](C)[C@H](C)[C@H](O[Si](C)(C)C(C)(C)C)[C@@H](C)NC(C)=O. The van der Waals surface area contributed by atoms with Gasteiger partial charge in [0.15, 0.2) is 8.32 Å². The molecular weight excluding hydrogens is 458 g/mol. The van der Waals surface area contributed by atoms with Gasteiger partial charge < -0.3 is 9.74 Å². The van der Waals surface area contributed by atoms with Crippen LogP contribution in [0.5, 0.6) is 0 Å². The van der Waals surface area contributed by atoms with E-state index in [1.165, 1.54) is 5.57 Å². The van der Waals surface area contributed by atoms with Crippen LogP contribution in [0.1, 0.15) is 89.0 Å². The Morgan fingerprint density at radius 2 is 1.78 bits per heavy atom. The molecule has 0 aliphatic heterocycles. The largest absolute Gasteiger partial charge is 0.412 e. The summed E-state index contributed by atoms with van der Waals surface area (Å²) < 4.78 is 6.94. The van der Waals surface area contributed by atoms with Crippen molar-refractivity contribution in [2.24, 2.45) is 29.1 Å². The minimum atomic E-state index is -2.00. The van der Waals surface area contributed by atoms with Crippen LogP contribution < -0.4 is 5.32 Å². The predicted octanol–water partition coefficient (Wildman–Crippen LogP) is 8.31. The highest BCUT2D eigenvalue weighted by atomic mass is 28.4. The van der Waals surface area contributed by atoms with Crippen LogP contribution in [0.4, 0.5) is 0 Å². The number of rotatable bonds is 10. The zero-order valence-electron chi connectivity index (χ0n) is 25.6. The summed E-state index contributed by atoms with van der Waals surface area (Å²) in [4.78, 5) is 11.9. The summed E-state index contributed by atoms with van der Waals surface area (Å²) >= 11 is 0. The van der Waals surface area contributed by atoms with Crippen LogP contribution in [0.3, 0.4) is 0 Å². The Morgan fingerprint density at radius 1 is 1.17 bits per heavy atom. The van der Waals surface area contributed by atoms with Gasteiger partial charge in [0, 0.05) is 18.3 Å². The van der Waals surface area contributed by atoms with Crippen molar-refractivity contribution in [3.8, 4) is 11.8 Å². The molecule has 1 aliphatic rings. The first-order valence-electron chi connectivity index (χ1n) is 13.9. The van der Waals surface area contributed by atoms with Gasteiger partial charge in [-0.25, -0.2) is 0 Å². The Morgan fingerprint density at radius 3 is 2.31 bits per heavy atom. The molecule has 0 aromatic heterocycles. The summed E-state index contributed by atoms with van der Waals surface area (Å²) in [5, 5.41) is 3.23. The summed E-state index contributed by atoms with van der Waals surface area (Å²) in [6, 6.07) is -0.0395. The molecule has 0 saturated heterocycles. The molecular formula is C32H55NO2Si. The van der Waals surface area contributed by atoms with E-state index in [0.29, 0.717) is 17.8 Å². The van der Waals surface area contributed by atoms with Crippen molar-refractivity contribution in [1.82, 2.24) is 5.32 Å². The fourth-order valence-electron chi connectivity index (χ4n) is 4.86. The van der Waals surface area contributed by atoms with Gasteiger partial charge in [0.05, 0.1) is 12.1 Å². The van der Waals surface area contributed by atoms with Crippen LogP contribution in [-0.2, 0) is 9.22 Å². The molecule has 204 valence electrons. The summed E-state index contributed by atoms with van der Waals surface area (Å²) in [6.45, 7) is 28.4. The van der Waals surface area contributed by atoms with E-state index in [1.807, 2.05) is 6.92 Å². The van der Waals surface area contributed by atoms with Crippen molar-refractivity contribution >= 4 is 14.2 Å². The Labute approximate surface area is 224 Å². The van der Waals surface area contributed by atoms with Gasteiger partial charge >= 0.3 is 0 Å². The molecule has 7 atom stereocenters. The Bertz CT molecular complexity index is 882. The average molecular weight is 514 g/mol. The first-order chi connectivity index (χ1) is 16.4. The summed E-state index contributed by atoms with van der Waals surface area (Å²) in [6.07, 6.45) is 13.8. The highest BCUT2D eigenvalue weighted by Crippen LogP contribution is 2.40. The Hall–Kier alpha value is -1.57. The van der Waals surface area contributed by atoms with Crippen LogP contribution in [-0.4, -0.2) is 26.4 Å². The molecule has 4 heteroatoms. The number of amides is 1. The lowest BCUT2D eigenvalue weighted by Crippen LogP contribution is -2.53. The molecule has 0 heterocycles. The van der Waals surface area contributed by atoms with E-state index in [0.717, 1.165) is 12.8 Å². The third-order valence-corrected chi connectivity index (χ3v) is 13.2. The first-order valence-corrected chi connectivity index (χ1v) is 16.8. The summed E-state index contributed by atoms with van der Waals surface area (Å²) in [5.41, 5.74) is 1.29. The van der Waals surface area contributed by atoms with Gasteiger partial charge in [-0.05, 0) is 76.4 Å². The topological polar surface area (TPSA) is 38.3 Å². The molecule has 0 unspecified atom stereocenters. The Kier molecular flexibility index (Phi) is 12.0. The number of carbonyl (C=O) groups is 1. The average Bonchev–Trinajstić information content (AvgIpc) is 2.75. The third-order valence-electron chi connectivity index (χ3n) is 8.76. The first kappa shape index (κ1) is 32.5. The number of hydrogen-bond donors (Lipinski definition) is 1. The molecule has 1 N–H and O–H groups in total. The van der Waals surface area contributed by atoms with Crippen molar-refractivity contribution < 1.29 is 9.22 Å². The molecule has 0 fully saturated rings. The van der Waals surface area contributed by atoms with E-state index >= 15 is 0 Å². The molecule has 0 spiro atoms. The molecule has 0 saturated carbocycles. The molecule has 0 radical (unpaired) electrons. The zero-order valence-corrected chi connectivity index (χ0v) is 26.6. The molecule has 1 amide bonds. The maximum absolute atomic E-state index is 11.9. The third kappa shape index (κ3) is 9.07. The van der Waals surface area contributed by atoms with Crippen molar-refractivity contribution in [1.29, 1.82) is 0 Å². The molecule has 0 bridgehead atoms. The number of carbonyl (C=O) groups excluding carboxylic acids is 1. The van der Waals surface area contributed by atoms with E-state index in [9.17, 15) is 4.79 Å². The quantitative estimate of drug-likeness (QED) is 0.138. The fraction of sp³-hybridized carbons (Fsp3) is 0.719. The van der Waals surface area contributed by atoms with Gasteiger partial charge in [-0.15, -0.1) is 5.92 Å². The van der Waals surface area contributed by atoms with Crippen molar-refractivity contribution in [2.45, 2.75) is 119 Å². The fourth-order valence-corrected chi connectivity index (χ4v) is 6.31. The molecule has 1 rings (SSSR count). The van der Waals surface area contributed by atoms with E-state index in [2.05, 4.69) is 123 Å². The van der Waals surface area contributed by atoms with Gasteiger partial charge in [-0.1, -0.05) is 83.4 Å². The van der Waals surface area contributed by atoms with Crippen molar-refractivity contribution in [3.05, 3.63) is 36.0 Å². The highest BCUT2D eigenvalue weighted by molar-refractivity contribution is 6.74. The maximum atomic E-state index is 11.9. The van der Waals surface area contributed by atoms with E-state index in [-0.39, 0.29) is 34.4 Å². The van der Waals surface area contributed by atoms with E-state index in [1.54, 1.807) is 6.92 Å². The zero-order chi connectivity index (χ0) is 27.9. The van der Waals surface area contributed by atoms with Crippen LogP contribution in [0.2, 0.25) is 18.1 Å². The van der Waals surface area contributed by atoms with E-state index < -0.39 is 8.32 Å². The van der Waals surface area contributed by atoms with Gasteiger partial charge in [-0.3, -0.25) is 4.79 Å². The van der Waals surface area contributed by atoms with Gasteiger partial charge in [0.25, 0.3) is 0 Å². The lowest BCUT2D eigenvalue weighted by atomic mass is 9.70. The smallest absolute Gasteiger partial charge is 0.217 e. The van der Waals surface area contributed by atoms with Gasteiger partial charge in [0.2, 0.25) is 5.91 Å². The standard InChI is InChI=1S/C32H55NO2Si/c1-14-20-32(11)21-16-15-17-29(32)22-23(2)18-19-24(3)25(4)26(5)30(27(6)33-28(7)34)35-36(12,13)31(8,9)10/h15,17-19,22,24-27,29-30H,16,21H2,1-13H3,(H,33,34)/b19-18+,23-22+/t24-,25-,26+,27-,29-,30+,32-/m1/s1. The minimum Gasteiger partial charge on any atom is -0.412 e. The van der Waals surface area contributed by atoms with Crippen LogP contribution >= 0.6 is 0 Å². The maximum Gasteiger partial charge on any atom is 0.217 e. The molecule has 36 heavy (non-hydrogen) atoms. The normalized spacial score (nSPS) is 25.5. The molecule has 0 aromatic rings. The summed E-state index contributed by atoms with van der Waals surface area (Å²) in [5.74, 6) is 8.02.